The Balaban J connectivity index is 2.36. The summed E-state index contributed by atoms with van der Waals surface area (Å²) in [6.07, 6.45) is 0.0960. The van der Waals surface area contributed by atoms with E-state index in [1.165, 1.54) is 19.1 Å². The lowest BCUT2D eigenvalue weighted by molar-refractivity contribution is 0.101. The minimum Gasteiger partial charge on any atom is -0.491 e. The van der Waals surface area contributed by atoms with Gasteiger partial charge in [0.2, 0.25) is 0 Å². The summed E-state index contributed by atoms with van der Waals surface area (Å²) in [5.74, 6) is 0.324. The molecule has 0 unspecified atom stereocenters. The first-order valence-corrected chi connectivity index (χ1v) is 6.55. The maximum atomic E-state index is 13.9. The van der Waals surface area contributed by atoms with Gasteiger partial charge >= 0.3 is 0 Å². The molecule has 3 heteroatoms. The van der Waals surface area contributed by atoms with Crippen molar-refractivity contribution in [3.8, 4) is 16.9 Å². The summed E-state index contributed by atoms with van der Waals surface area (Å²) in [6.45, 7) is 5.37. The minimum atomic E-state index is -0.340. The fourth-order valence-corrected chi connectivity index (χ4v) is 1.95. The fraction of sp³-hybridized carbons (Fsp3) is 0.235. The summed E-state index contributed by atoms with van der Waals surface area (Å²) in [4.78, 5) is 11.4. The molecule has 0 radical (unpaired) electrons. The van der Waals surface area contributed by atoms with Crippen LogP contribution < -0.4 is 4.74 Å². The topological polar surface area (TPSA) is 26.3 Å². The Morgan fingerprint density at radius 2 is 1.75 bits per heavy atom. The highest BCUT2D eigenvalue weighted by Gasteiger charge is 2.09. The van der Waals surface area contributed by atoms with Crippen LogP contribution in [-0.2, 0) is 0 Å². The van der Waals surface area contributed by atoms with Crippen molar-refractivity contribution in [3.63, 3.8) is 0 Å². The maximum absolute atomic E-state index is 13.9. The molecular formula is C17H17FO2. The molecule has 0 bridgehead atoms. The Labute approximate surface area is 118 Å². The lowest BCUT2D eigenvalue weighted by Gasteiger charge is -2.11. The van der Waals surface area contributed by atoms with Gasteiger partial charge in [0, 0.05) is 11.1 Å². The van der Waals surface area contributed by atoms with E-state index in [-0.39, 0.29) is 17.7 Å². The summed E-state index contributed by atoms with van der Waals surface area (Å²) < 4.78 is 19.4. The second-order valence-corrected chi connectivity index (χ2v) is 4.94. The number of hydrogen-bond donors (Lipinski definition) is 0. The molecule has 2 aromatic carbocycles. The van der Waals surface area contributed by atoms with E-state index in [1.807, 2.05) is 13.8 Å². The summed E-state index contributed by atoms with van der Waals surface area (Å²) in [6, 6.07) is 11.6. The zero-order valence-electron chi connectivity index (χ0n) is 11.8. The molecule has 0 aliphatic carbocycles. The molecular weight excluding hydrogens is 255 g/mol. The molecule has 0 saturated heterocycles. The zero-order chi connectivity index (χ0) is 14.7. The Bertz CT molecular complexity index is 615. The van der Waals surface area contributed by atoms with E-state index in [9.17, 15) is 9.18 Å². The molecule has 0 amide bonds. The Hall–Kier alpha value is -2.16. The molecule has 0 heterocycles. The molecule has 2 rings (SSSR count). The van der Waals surface area contributed by atoms with Crippen molar-refractivity contribution < 1.29 is 13.9 Å². The summed E-state index contributed by atoms with van der Waals surface area (Å²) in [5, 5.41) is 0. The van der Waals surface area contributed by atoms with E-state index < -0.39 is 0 Å². The lowest BCUT2D eigenvalue weighted by atomic mass is 10.0. The standard InChI is InChI=1S/C17H17FO2/c1-11(2)20-15-7-4-13(5-8-15)16-10-14(12(3)19)6-9-17(16)18/h4-11H,1-3H3. The predicted molar refractivity (Wildman–Crippen MR) is 77.6 cm³/mol. The number of rotatable bonds is 4. The van der Waals surface area contributed by atoms with Gasteiger partial charge in [0.1, 0.15) is 11.6 Å². The molecule has 2 aromatic rings. The average Bonchev–Trinajstić information content (AvgIpc) is 2.39. The summed E-state index contributed by atoms with van der Waals surface area (Å²) >= 11 is 0. The first-order valence-electron chi connectivity index (χ1n) is 6.55. The normalized spacial score (nSPS) is 10.7. The van der Waals surface area contributed by atoms with Gasteiger partial charge in [0.25, 0.3) is 0 Å². The molecule has 0 aromatic heterocycles. The number of ether oxygens (including phenoxy) is 1. The van der Waals surface area contributed by atoms with Gasteiger partial charge in [-0.25, -0.2) is 4.39 Å². The number of halogens is 1. The molecule has 0 spiro atoms. The van der Waals surface area contributed by atoms with Crippen LogP contribution in [0.25, 0.3) is 11.1 Å². The molecule has 104 valence electrons. The second-order valence-electron chi connectivity index (χ2n) is 4.94. The van der Waals surface area contributed by atoms with Crippen LogP contribution in [0.2, 0.25) is 0 Å². The van der Waals surface area contributed by atoms with Crippen molar-refractivity contribution >= 4 is 5.78 Å². The van der Waals surface area contributed by atoms with Gasteiger partial charge in [0.05, 0.1) is 6.10 Å². The third kappa shape index (κ3) is 3.23. The third-order valence-corrected chi connectivity index (χ3v) is 2.91. The van der Waals surface area contributed by atoms with Crippen molar-refractivity contribution in [2.45, 2.75) is 26.9 Å². The number of carbonyl (C=O) groups is 1. The van der Waals surface area contributed by atoms with Crippen LogP contribution in [0, 0.1) is 5.82 Å². The maximum Gasteiger partial charge on any atom is 0.159 e. The molecule has 0 N–H and O–H groups in total. The first-order chi connectivity index (χ1) is 9.47. The van der Waals surface area contributed by atoms with Crippen molar-refractivity contribution in [1.29, 1.82) is 0 Å². The minimum absolute atomic E-state index is 0.0778. The van der Waals surface area contributed by atoms with Crippen LogP contribution in [-0.4, -0.2) is 11.9 Å². The van der Waals surface area contributed by atoms with Crippen LogP contribution in [0.5, 0.6) is 5.75 Å². The number of hydrogen-bond acceptors (Lipinski definition) is 2. The Morgan fingerprint density at radius 1 is 1.10 bits per heavy atom. The van der Waals surface area contributed by atoms with Crippen LogP contribution >= 0.6 is 0 Å². The number of Topliss-reactive ketones (excluding diaryl/α,β-unsaturated/α-hetero) is 1. The monoisotopic (exact) mass is 272 g/mol. The predicted octanol–water partition coefficient (Wildman–Crippen LogP) is 4.48. The van der Waals surface area contributed by atoms with Gasteiger partial charge in [-0.05, 0) is 56.7 Å². The van der Waals surface area contributed by atoms with Gasteiger partial charge < -0.3 is 4.74 Å². The van der Waals surface area contributed by atoms with Crippen molar-refractivity contribution in [1.82, 2.24) is 0 Å². The van der Waals surface area contributed by atoms with Crippen LogP contribution in [0.15, 0.2) is 42.5 Å². The van der Waals surface area contributed by atoms with Crippen LogP contribution in [0.1, 0.15) is 31.1 Å². The first kappa shape index (κ1) is 14.3. The zero-order valence-corrected chi connectivity index (χ0v) is 11.8. The van der Waals surface area contributed by atoms with Gasteiger partial charge in [-0.15, -0.1) is 0 Å². The van der Waals surface area contributed by atoms with E-state index in [2.05, 4.69) is 0 Å². The van der Waals surface area contributed by atoms with Crippen molar-refractivity contribution in [2.75, 3.05) is 0 Å². The number of carbonyl (C=O) groups excluding carboxylic acids is 1. The van der Waals surface area contributed by atoms with E-state index in [1.54, 1.807) is 30.3 Å². The van der Waals surface area contributed by atoms with E-state index in [4.69, 9.17) is 4.74 Å². The summed E-state index contributed by atoms with van der Waals surface area (Å²) in [7, 11) is 0. The van der Waals surface area contributed by atoms with E-state index in [0.29, 0.717) is 11.1 Å². The molecule has 0 saturated carbocycles. The smallest absolute Gasteiger partial charge is 0.159 e. The Kier molecular flexibility index (Phi) is 4.18. The second kappa shape index (κ2) is 5.87. The van der Waals surface area contributed by atoms with Gasteiger partial charge in [-0.1, -0.05) is 12.1 Å². The highest BCUT2D eigenvalue weighted by atomic mass is 19.1. The lowest BCUT2D eigenvalue weighted by Crippen LogP contribution is -2.05. The number of ketones is 1. The largest absolute Gasteiger partial charge is 0.491 e. The SMILES string of the molecule is CC(=O)c1ccc(F)c(-c2ccc(OC(C)C)cc2)c1. The van der Waals surface area contributed by atoms with Gasteiger partial charge in [-0.3, -0.25) is 4.79 Å². The summed E-state index contributed by atoms with van der Waals surface area (Å²) in [5.41, 5.74) is 1.65. The van der Waals surface area contributed by atoms with Crippen molar-refractivity contribution in [2.24, 2.45) is 0 Å². The van der Waals surface area contributed by atoms with Crippen LogP contribution in [0.4, 0.5) is 4.39 Å². The van der Waals surface area contributed by atoms with Gasteiger partial charge in [-0.2, -0.15) is 0 Å². The van der Waals surface area contributed by atoms with E-state index >= 15 is 0 Å². The molecule has 0 fully saturated rings. The molecule has 2 nitrogen and oxygen atoms in total. The molecule has 0 aliphatic rings. The highest BCUT2D eigenvalue weighted by molar-refractivity contribution is 5.95. The quantitative estimate of drug-likeness (QED) is 0.767. The fourth-order valence-electron chi connectivity index (χ4n) is 1.95. The Morgan fingerprint density at radius 3 is 2.30 bits per heavy atom. The van der Waals surface area contributed by atoms with Crippen LogP contribution in [0.3, 0.4) is 0 Å². The van der Waals surface area contributed by atoms with Gasteiger partial charge in [0.15, 0.2) is 5.78 Å². The number of benzene rings is 2. The van der Waals surface area contributed by atoms with E-state index in [0.717, 1.165) is 11.3 Å². The highest BCUT2D eigenvalue weighted by Crippen LogP contribution is 2.26. The molecule has 0 aliphatic heterocycles. The molecule has 0 atom stereocenters. The molecule has 20 heavy (non-hydrogen) atoms. The average molecular weight is 272 g/mol. The third-order valence-electron chi connectivity index (χ3n) is 2.91. The van der Waals surface area contributed by atoms with Crippen molar-refractivity contribution in [3.05, 3.63) is 53.8 Å².